The maximum atomic E-state index is 11.8. The second-order valence-electron chi connectivity index (χ2n) is 3.86. The molecule has 2 N–H and O–H groups in total. The number of carbonyl (C=O) groups is 1. The highest BCUT2D eigenvalue weighted by molar-refractivity contribution is 5.93. The second kappa shape index (κ2) is 6.17. The molecular formula is C12H14N2O5. The molecule has 0 aliphatic carbocycles. The van der Waals surface area contributed by atoms with E-state index in [4.69, 9.17) is 18.8 Å². The molecule has 1 atom stereocenters. The Morgan fingerprint density at radius 1 is 1.58 bits per heavy atom. The van der Waals surface area contributed by atoms with Crippen LogP contribution in [0, 0.1) is 0 Å². The zero-order valence-corrected chi connectivity index (χ0v) is 10.3. The van der Waals surface area contributed by atoms with Crippen molar-refractivity contribution < 1.29 is 23.6 Å². The third kappa shape index (κ3) is 3.21. The maximum absolute atomic E-state index is 11.8. The minimum absolute atomic E-state index is 0.112. The maximum Gasteiger partial charge on any atom is 0.273 e. The molecule has 102 valence electrons. The lowest BCUT2D eigenvalue weighted by Crippen LogP contribution is -2.40. The molecule has 0 aromatic carbocycles. The quantitative estimate of drug-likeness (QED) is 0.797. The SMILES string of the molecule is COCC(CO)NC(=O)c1cc(-c2ccco2)on1. The predicted octanol–water partition coefficient (Wildman–Crippen LogP) is 0.672. The van der Waals surface area contributed by atoms with E-state index in [9.17, 15) is 4.79 Å². The first-order valence-corrected chi connectivity index (χ1v) is 5.66. The molecule has 0 saturated carbocycles. The fourth-order valence-electron chi connectivity index (χ4n) is 1.52. The third-order valence-corrected chi connectivity index (χ3v) is 2.43. The Kier molecular flexibility index (Phi) is 4.32. The van der Waals surface area contributed by atoms with Crippen molar-refractivity contribution in [2.45, 2.75) is 6.04 Å². The first kappa shape index (κ1) is 13.3. The molecule has 2 heterocycles. The number of carbonyl (C=O) groups excluding carboxylic acids is 1. The van der Waals surface area contributed by atoms with Crippen molar-refractivity contribution in [1.82, 2.24) is 10.5 Å². The number of methoxy groups -OCH3 is 1. The van der Waals surface area contributed by atoms with E-state index in [1.807, 2.05) is 0 Å². The summed E-state index contributed by atoms with van der Waals surface area (Å²) in [6.45, 7) is -0.00634. The molecule has 1 amide bonds. The first-order chi connectivity index (χ1) is 9.24. The van der Waals surface area contributed by atoms with E-state index in [0.717, 1.165) is 0 Å². The fraction of sp³-hybridized carbons (Fsp3) is 0.333. The molecule has 1 unspecified atom stereocenters. The molecule has 19 heavy (non-hydrogen) atoms. The summed E-state index contributed by atoms with van der Waals surface area (Å²) in [6.07, 6.45) is 1.50. The smallest absolute Gasteiger partial charge is 0.273 e. The monoisotopic (exact) mass is 266 g/mol. The van der Waals surface area contributed by atoms with E-state index < -0.39 is 11.9 Å². The Hall–Kier alpha value is -2.12. The Balaban J connectivity index is 2.04. The van der Waals surface area contributed by atoms with Crippen molar-refractivity contribution in [3.63, 3.8) is 0 Å². The Bertz CT molecular complexity index is 520. The molecule has 2 rings (SSSR count). The largest absolute Gasteiger partial charge is 0.461 e. The number of hydrogen-bond donors (Lipinski definition) is 2. The van der Waals surface area contributed by atoms with Crippen molar-refractivity contribution in [1.29, 1.82) is 0 Å². The number of aromatic nitrogens is 1. The molecule has 0 aliphatic rings. The molecular weight excluding hydrogens is 252 g/mol. The minimum atomic E-state index is -0.485. The van der Waals surface area contributed by atoms with Gasteiger partial charge in [-0.1, -0.05) is 5.16 Å². The van der Waals surface area contributed by atoms with E-state index in [-0.39, 0.29) is 18.9 Å². The van der Waals surface area contributed by atoms with Gasteiger partial charge in [-0.3, -0.25) is 4.79 Å². The number of ether oxygens (including phenoxy) is 1. The highest BCUT2D eigenvalue weighted by atomic mass is 16.5. The predicted molar refractivity (Wildman–Crippen MR) is 64.4 cm³/mol. The van der Waals surface area contributed by atoms with Gasteiger partial charge in [0, 0.05) is 13.2 Å². The van der Waals surface area contributed by atoms with Gasteiger partial charge in [-0.2, -0.15) is 0 Å². The number of aliphatic hydroxyl groups excluding tert-OH is 1. The van der Waals surface area contributed by atoms with Crippen LogP contribution in [-0.2, 0) is 4.74 Å². The van der Waals surface area contributed by atoms with Crippen molar-refractivity contribution >= 4 is 5.91 Å². The van der Waals surface area contributed by atoms with Crippen LogP contribution in [0.4, 0.5) is 0 Å². The van der Waals surface area contributed by atoms with Crippen LogP contribution in [0.2, 0.25) is 0 Å². The van der Waals surface area contributed by atoms with Crippen molar-refractivity contribution in [2.75, 3.05) is 20.3 Å². The van der Waals surface area contributed by atoms with Gasteiger partial charge in [0.05, 0.1) is 25.5 Å². The molecule has 7 heteroatoms. The normalized spacial score (nSPS) is 12.3. The summed E-state index contributed by atoms with van der Waals surface area (Å²) in [5.41, 5.74) is 0.112. The summed E-state index contributed by atoms with van der Waals surface area (Å²) in [5, 5.41) is 15.3. The number of aliphatic hydroxyl groups is 1. The number of nitrogens with zero attached hydrogens (tertiary/aromatic N) is 1. The van der Waals surface area contributed by atoms with E-state index >= 15 is 0 Å². The van der Waals surface area contributed by atoms with Crippen LogP contribution in [-0.4, -0.2) is 42.5 Å². The number of furan rings is 1. The molecule has 0 aliphatic heterocycles. The van der Waals surface area contributed by atoms with Gasteiger partial charge in [-0.05, 0) is 12.1 Å². The summed E-state index contributed by atoms with van der Waals surface area (Å²) < 4.78 is 15.0. The van der Waals surface area contributed by atoms with Crippen LogP contribution in [0.15, 0.2) is 33.4 Å². The lowest BCUT2D eigenvalue weighted by atomic mass is 10.2. The lowest BCUT2D eigenvalue weighted by molar-refractivity contribution is 0.0831. The van der Waals surface area contributed by atoms with Crippen LogP contribution < -0.4 is 5.32 Å². The first-order valence-electron chi connectivity index (χ1n) is 5.66. The molecule has 2 aromatic heterocycles. The molecule has 0 bridgehead atoms. The van der Waals surface area contributed by atoms with Crippen LogP contribution in [0.1, 0.15) is 10.5 Å². The molecule has 2 aromatic rings. The highest BCUT2D eigenvalue weighted by Gasteiger charge is 2.18. The Morgan fingerprint density at radius 3 is 3.05 bits per heavy atom. The molecule has 0 fully saturated rings. The van der Waals surface area contributed by atoms with Crippen LogP contribution in [0.5, 0.6) is 0 Å². The van der Waals surface area contributed by atoms with E-state index in [0.29, 0.717) is 11.5 Å². The van der Waals surface area contributed by atoms with E-state index in [1.165, 1.54) is 19.4 Å². The van der Waals surface area contributed by atoms with Gasteiger partial charge in [0.25, 0.3) is 5.91 Å². The summed E-state index contributed by atoms with van der Waals surface area (Å²) in [4.78, 5) is 11.8. The molecule has 0 radical (unpaired) electrons. The minimum Gasteiger partial charge on any atom is -0.461 e. The van der Waals surface area contributed by atoms with Gasteiger partial charge in [0.1, 0.15) is 0 Å². The summed E-state index contributed by atoms with van der Waals surface area (Å²) in [6, 6.07) is 4.39. The van der Waals surface area contributed by atoms with Crippen molar-refractivity contribution in [3.8, 4) is 11.5 Å². The van der Waals surface area contributed by atoms with Crippen LogP contribution in [0.25, 0.3) is 11.5 Å². The number of hydrogen-bond acceptors (Lipinski definition) is 6. The van der Waals surface area contributed by atoms with E-state index in [1.54, 1.807) is 12.1 Å². The third-order valence-electron chi connectivity index (χ3n) is 2.43. The van der Waals surface area contributed by atoms with Crippen molar-refractivity contribution in [2.24, 2.45) is 0 Å². The van der Waals surface area contributed by atoms with Gasteiger partial charge < -0.3 is 24.1 Å². The molecule has 7 nitrogen and oxygen atoms in total. The van der Waals surface area contributed by atoms with Gasteiger partial charge >= 0.3 is 0 Å². The van der Waals surface area contributed by atoms with E-state index in [2.05, 4.69) is 10.5 Å². The molecule has 0 saturated heterocycles. The fourth-order valence-corrected chi connectivity index (χ4v) is 1.52. The number of nitrogens with one attached hydrogen (secondary N) is 1. The van der Waals surface area contributed by atoms with Crippen molar-refractivity contribution in [3.05, 3.63) is 30.2 Å². The Labute approximate surface area is 109 Å². The Morgan fingerprint density at radius 2 is 2.42 bits per heavy atom. The highest BCUT2D eigenvalue weighted by Crippen LogP contribution is 2.20. The van der Waals surface area contributed by atoms with Gasteiger partial charge in [0.2, 0.25) is 5.76 Å². The summed E-state index contributed by atoms with van der Waals surface area (Å²) >= 11 is 0. The van der Waals surface area contributed by atoms with Crippen LogP contribution >= 0.6 is 0 Å². The topological polar surface area (TPSA) is 97.7 Å². The average Bonchev–Trinajstić information content (AvgIpc) is 3.08. The number of rotatable bonds is 6. The zero-order valence-electron chi connectivity index (χ0n) is 10.3. The lowest BCUT2D eigenvalue weighted by Gasteiger charge is -2.13. The van der Waals surface area contributed by atoms with Crippen LogP contribution in [0.3, 0.4) is 0 Å². The summed E-state index contributed by atoms with van der Waals surface area (Å²) in [5.74, 6) is 0.405. The van der Waals surface area contributed by atoms with Gasteiger partial charge in [0.15, 0.2) is 11.5 Å². The van der Waals surface area contributed by atoms with Gasteiger partial charge in [-0.25, -0.2) is 0 Å². The summed E-state index contributed by atoms with van der Waals surface area (Å²) in [7, 11) is 1.49. The molecule has 0 spiro atoms. The number of amides is 1. The van der Waals surface area contributed by atoms with Gasteiger partial charge in [-0.15, -0.1) is 0 Å². The average molecular weight is 266 g/mol. The zero-order chi connectivity index (χ0) is 13.7. The standard InChI is InChI=1S/C12H14N2O5/c1-17-7-8(6-15)13-12(16)9-5-11(19-14-9)10-3-2-4-18-10/h2-5,8,15H,6-7H2,1H3,(H,13,16). The second-order valence-corrected chi connectivity index (χ2v) is 3.86.